The van der Waals surface area contributed by atoms with Gasteiger partial charge in [0.25, 0.3) is 0 Å². The Labute approximate surface area is 148 Å². The van der Waals surface area contributed by atoms with Crippen molar-refractivity contribution < 1.29 is 4.79 Å². The molecular formula is C17H18BrN3OS. The van der Waals surface area contributed by atoms with Gasteiger partial charge in [-0.05, 0) is 44.7 Å². The summed E-state index contributed by atoms with van der Waals surface area (Å²) < 4.78 is 3.28. The van der Waals surface area contributed by atoms with Gasteiger partial charge in [-0.1, -0.05) is 39.8 Å². The highest BCUT2D eigenvalue weighted by molar-refractivity contribution is 9.10. The summed E-state index contributed by atoms with van der Waals surface area (Å²) in [6.07, 6.45) is 4.87. The smallest absolute Gasteiger partial charge is 0.192 e. The lowest BCUT2D eigenvalue weighted by Gasteiger charge is -2.12. The predicted molar refractivity (Wildman–Crippen MR) is 94.1 cm³/mol. The van der Waals surface area contributed by atoms with E-state index in [-0.39, 0.29) is 11.0 Å². The number of ketones is 1. The van der Waals surface area contributed by atoms with Gasteiger partial charge in [-0.3, -0.25) is 4.79 Å². The van der Waals surface area contributed by atoms with E-state index in [0.29, 0.717) is 12.0 Å². The largest absolute Gasteiger partial charge is 0.303 e. The van der Waals surface area contributed by atoms with Gasteiger partial charge in [0.2, 0.25) is 0 Å². The summed E-state index contributed by atoms with van der Waals surface area (Å²) in [5.74, 6) is 1.87. The summed E-state index contributed by atoms with van der Waals surface area (Å²) in [5, 5.41) is 9.54. The number of Topliss-reactive ketones (excluding diaryl/α,β-unsaturated/α-hetero) is 1. The zero-order valence-corrected chi connectivity index (χ0v) is 15.3. The summed E-state index contributed by atoms with van der Waals surface area (Å²) in [5.41, 5.74) is 0.744. The van der Waals surface area contributed by atoms with Crippen LogP contribution in [0.1, 0.15) is 60.7 Å². The summed E-state index contributed by atoms with van der Waals surface area (Å²) in [6, 6.07) is 8.10. The van der Waals surface area contributed by atoms with Crippen LogP contribution in [0.4, 0.5) is 0 Å². The van der Waals surface area contributed by atoms with Crippen LogP contribution in [0.5, 0.6) is 0 Å². The Morgan fingerprint density at radius 1 is 1.22 bits per heavy atom. The molecule has 23 heavy (non-hydrogen) atoms. The molecule has 1 atom stereocenters. The van der Waals surface area contributed by atoms with E-state index >= 15 is 0 Å². The maximum absolute atomic E-state index is 12.6. The molecule has 0 bridgehead atoms. The first kappa shape index (κ1) is 15.4. The van der Waals surface area contributed by atoms with E-state index in [0.717, 1.165) is 21.0 Å². The molecule has 1 aromatic carbocycles. The first-order chi connectivity index (χ1) is 11.1. The Bertz CT molecular complexity index is 735. The van der Waals surface area contributed by atoms with Crippen LogP contribution in [0, 0.1) is 0 Å². The van der Waals surface area contributed by atoms with Crippen LogP contribution < -0.4 is 0 Å². The lowest BCUT2D eigenvalue weighted by atomic mass is 10.1. The zero-order valence-electron chi connectivity index (χ0n) is 12.9. The molecular weight excluding hydrogens is 374 g/mol. The molecule has 2 aromatic rings. The number of hydrogen-bond acceptors (Lipinski definition) is 4. The van der Waals surface area contributed by atoms with Crippen molar-refractivity contribution in [2.45, 2.75) is 55.0 Å². The van der Waals surface area contributed by atoms with Crippen molar-refractivity contribution in [1.29, 1.82) is 0 Å². The second kappa shape index (κ2) is 6.06. The van der Waals surface area contributed by atoms with Crippen molar-refractivity contribution in [3.63, 3.8) is 0 Å². The first-order valence-electron chi connectivity index (χ1n) is 8.04. The van der Waals surface area contributed by atoms with Crippen molar-refractivity contribution in [1.82, 2.24) is 14.8 Å². The molecule has 0 saturated heterocycles. The lowest BCUT2D eigenvalue weighted by Crippen LogP contribution is -2.14. The van der Waals surface area contributed by atoms with Gasteiger partial charge in [0.05, 0.1) is 5.25 Å². The topological polar surface area (TPSA) is 47.8 Å². The Morgan fingerprint density at radius 2 is 1.91 bits per heavy atom. The van der Waals surface area contributed by atoms with Gasteiger partial charge in [0, 0.05) is 22.0 Å². The van der Waals surface area contributed by atoms with Crippen LogP contribution in [-0.2, 0) is 0 Å². The number of aromatic nitrogens is 3. The minimum absolute atomic E-state index is 0.140. The molecule has 0 aliphatic heterocycles. The Balaban J connectivity index is 1.53. The fourth-order valence-electron chi connectivity index (χ4n) is 2.73. The monoisotopic (exact) mass is 391 g/mol. The highest BCUT2D eigenvalue weighted by Gasteiger charge is 2.37. The van der Waals surface area contributed by atoms with E-state index < -0.39 is 0 Å². The summed E-state index contributed by atoms with van der Waals surface area (Å²) in [7, 11) is 0. The highest BCUT2D eigenvalue weighted by atomic mass is 79.9. The quantitative estimate of drug-likeness (QED) is 0.532. The van der Waals surface area contributed by atoms with Crippen LogP contribution >= 0.6 is 27.7 Å². The van der Waals surface area contributed by atoms with Crippen molar-refractivity contribution in [3.8, 4) is 0 Å². The molecule has 0 radical (unpaired) electrons. The Hall–Kier alpha value is -1.14. The molecule has 4 nitrogen and oxygen atoms in total. The van der Waals surface area contributed by atoms with Gasteiger partial charge in [0.15, 0.2) is 10.9 Å². The van der Waals surface area contributed by atoms with Crippen LogP contribution in [-0.4, -0.2) is 25.8 Å². The van der Waals surface area contributed by atoms with E-state index in [1.807, 2.05) is 31.2 Å². The predicted octanol–water partition coefficient (Wildman–Crippen LogP) is 4.62. The van der Waals surface area contributed by atoms with Crippen molar-refractivity contribution >= 4 is 33.5 Å². The fraction of sp³-hybridized carbons (Fsp3) is 0.471. The minimum Gasteiger partial charge on any atom is -0.303 e. The van der Waals surface area contributed by atoms with Crippen molar-refractivity contribution in [3.05, 3.63) is 40.1 Å². The second-order valence-electron chi connectivity index (χ2n) is 6.35. The minimum atomic E-state index is -0.162. The van der Waals surface area contributed by atoms with E-state index in [1.165, 1.54) is 37.4 Å². The summed E-state index contributed by atoms with van der Waals surface area (Å²) in [4.78, 5) is 12.6. The number of thioether (sulfide) groups is 1. The van der Waals surface area contributed by atoms with Gasteiger partial charge in [0.1, 0.15) is 5.82 Å². The van der Waals surface area contributed by atoms with Crippen LogP contribution in [0.2, 0.25) is 0 Å². The van der Waals surface area contributed by atoms with Crippen LogP contribution in [0.25, 0.3) is 0 Å². The third-order valence-electron chi connectivity index (χ3n) is 4.33. The molecule has 0 N–H and O–H groups in total. The van der Waals surface area contributed by atoms with Gasteiger partial charge in [-0.15, -0.1) is 10.2 Å². The number of halogens is 1. The Morgan fingerprint density at radius 3 is 2.52 bits per heavy atom. The lowest BCUT2D eigenvalue weighted by molar-refractivity contribution is 0.0994. The SMILES string of the molecule is C[C@H](Sc1nnc(C2CC2)n1C1CC1)C(=O)c1ccc(Br)cc1. The zero-order chi connectivity index (χ0) is 16.0. The highest BCUT2D eigenvalue weighted by Crippen LogP contribution is 2.46. The van der Waals surface area contributed by atoms with Crippen molar-refractivity contribution in [2.75, 3.05) is 0 Å². The fourth-order valence-corrected chi connectivity index (χ4v) is 3.99. The molecule has 2 saturated carbocycles. The van der Waals surface area contributed by atoms with Gasteiger partial charge in [-0.25, -0.2) is 0 Å². The van der Waals surface area contributed by atoms with E-state index in [2.05, 4.69) is 30.7 Å². The summed E-state index contributed by atoms with van der Waals surface area (Å²) >= 11 is 4.94. The van der Waals surface area contributed by atoms with Gasteiger partial charge in [-0.2, -0.15) is 0 Å². The molecule has 4 rings (SSSR count). The average molecular weight is 392 g/mol. The molecule has 1 heterocycles. The van der Waals surface area contributed by atoms with E-state index in [1.54, 1.807) is 0 Å². The van der Waals surface area contributed by atoms with Gasteiger partial charge >= 0.3 is 0 Å². The standard InChI is InChI=1S/C17H18BrN3OS/c1-10(15(22)11-4-6-13(18)7-5-11)23-17-20-19-16(12-2-3-12)21(17)14-8-9-14/h4-7,10,12,14H,2-3,8-9H2,1H3/t10-/m0/s1. The Kier molecular flexibility index (Phi) is 4.05. The number of rotatable bonds is 6. The van der Waals surface area contributed by atoms with E-state index in [4.69, 9.17) is 0 Å². The van der Waals surface area contributed by atoms with Crippen LogP contribution in [0.3, 0.4) is 0 Å². The van der Waals surface area contributed by atoms with Gasteiger partial charge < -0.3 is 4.57 Å². The molecule has 0 spiro atoms. The molecule has 6 heteroatoms. The normalized spacial score (nSPS) is 18.9. The molecule has 120 valence electrons. The third-order valence-corrected chi connectivity index (χ3v) is 5.91. The maximum atomic E-state index is 12.6. The first-order valence-corrected chi connectivity index (χ1v) is 9.72. The summed E-state index contributed by atoms with van der Waals surface area (Å²) in [6.45, 7) is 1.96. The molecule has 2 fully saturated rings. The molecule has 0 unspecified atom stereocenters. The average Bonchev–Trinajstić information content (AvgIpc) is 3.46. The third kappa shape index (κ3) is 3.24. The number of nitrogens with zero attached hydrogens (tertiary/aromatic N) is 3. The number of carbonyl (C=O) groups is 1. The molecule has 0 amide bonds. The maximum Gasteiger partial charge on any atom is 0.192 e. The number of hydrogen-bond donors (Lipinski definition) is 0. The van der Waals surface area contributed by atoms with E-state index in [9.17, 15) is 4.79 Å². The molecule has 2 aliphatic rings. The number of benzene rings is 1. The number of carbonyl (C=O) groups excluding carboxylic acids is 1. The molecule has 2 aliphatic carbocycles. The van der Waals surface area contributed by atoms with Crippen molar-refractivity contribution in [2.24, 2.45) is 0 Å². The molecule has 1 aromatic heterocycles. The second-order valence-corrected chi connectivity index (χ2v) is 8.57. The van der Waals surface area contributed by atoms with Crippen LogP contribution in [0.15, 0.2) is 33.9 Å².